The molecule has 0 radical (unpaired) electrons. The Hall–Kier alpha value is -0.120. The molecule has 0 aromatic rings. The van der Waals surface area contributed by atoms with Gasteiger partial charge >= 0.3 is 0 Å². The van der Waals surface area contributed by atoms with Crippen LogP contribution in [-0.4, -0.2) is 24.0 Å². The van der Waals surface area contributed by atoms with Gasteiger partial charge in [-0.1, -0.05) is 0 Å². The first-order valence-corrected chi connectivity index (χ1v) is 5.38. The van der Waals surface area contributed by atoms with Crippen LogP contribution in [0.1, 0.15) is 40.5 Å². The Morgan fingerprint density at radius 1 is 1.29 bits per heavy atom. The van der Waals surface area contributed by atoms with E-state index < -0.39 is 5.79 Å². The van der Waals surface area contributed by atoms with Gasteiger partial charge in [-0.25, -0.2) is 0 Å². The van der Waals surface area contributed by atoms with E-state index in [-0.39, 0.29) is 17.1 Å². The fourth-order valence-corrected chi connectivity index (χ4v) is 2.48. The molecule has 0 spiro atoms. The van der Waals surface area contributed by atoms with Gasteiger partial charge in [-0.2, -0.15) is 0 Å². The van der Waals surface area contributed by atoms with Crippen LogP contribution in [0, 0.1) is 5.41 Å². The van der Waals surface area contributed by atoms with Crippen LogP contribution < -0.4 is 5.73 Å². The summed E-state index contributed by atoms with van der Waals surface area (Å²) in [6.07, 6.45) is 2.51. The zero-order valence-corrected chi connectivity index (χ0v) is 9.59. The summed E-state index contributed by atoms with van der Waals surface area (Å²) in [5, 5.41) is 0. The first-order chi connectivity index (χ1) is 6.27. The molecule has 3 nitrogen and oxygen atoms in total. The standard InChI is InChI=1S/C11H21NO2/c1-9(2,12)11(5-6-11)8-7-13-10(3,4)14-8/h8H,5-7,12H2,1-4H3. The van der Waals surface area contributed by atoms with Crippen LogP contribution in [0.5, 0.6) is 0 Å². The fourth-order valence-electron chi connectivity index (χ4n) is 2.48. The summed E-state index contributed by atoms with van der Waals surface area (Å²) >= 11 is 0. The highest BCUT2D eigenvalue weighted by Crippen LogP contribution is 2.58. The lowest BCUT2D eigenvalue weighted by Crippen LogP contribution is -2.49. The van der Waals surface area contributed by atoms with E-state index in [2.05, 4.69) is 13.8 Å². The molecule has 14 heavy (non-hydrogen) atoms. The quantitative estimate of drug-likeness (QED) is 0.735. The van der Waals surface area contributed by atoms with Gasteiger partial charge in [0.1, 0.15) is 0 Å². The minimum Gasteiger partial charge on any atom is -0.348 e. The van der Waals surface area contributed by atoms with Crippen LogP contribution in [0.2, 0.25) is 0 Å². The minimum absolute atomic E-state index is 0.154. The third-order valence-electron chi connectivity index (χ3n) is 3.70. The summed E-state index contributed by atoms with van der Waals surface area (Å²) in [6, 6.07) is 0. The third-order valence-corrected chi connectivity index (χ3v) is 3.70. The molecule has 0 aromatic carbocycles. The largest absolute Gasteiger partial charge is 0.348 e. The number of nitrogens with two attached hydrogens (primary N) is 1. The van der Waals surface area contributed by atoms with E-state index in [1.807, 2.05) is 13.8 Å². The van der Waals surface area contributed by atoms with Gasteiger partial charge < -0.3 is 15.2 Å². The molecule has 0 aromatic heterocycles. The molecule has 2 rings (SSSR count). The Balaban J connectivity index is 2.11. The van der Waals surface area contributed by atoms with E-state index in [0.717, 1.165) is 0 Å². The van der Waals surface area contributed by atoms with Crippen molar-refractivity contribution >= 4 is 0 Å². The van der Waals surface area contributed by atoms with E-state index >= 15 is 0 Å². The van der Waals surface area contributed by atoms with Crippen LogP contribution in [0.25, 0.3) is 0 Å². The molecule has 0 bridgehead atoms. The van der Waals surface area contributed by atoms with Crippen molar-refractivity contribution in [2.75, 3.05) is 6.61 Å². The smallest absolute Gasteiger partial charge is 0.163 e. The molecule has 1 aliphatic carbocycles. The summed E-state index contributed by atoms with van der Waals surface area (Å²) in [7, 11) is 0. The summed E-state index contributed by atoms with van der Waals surface area (Å²) in [6.45, 7) is 8.80. The Kier molecular flexibility index (Phi) is 2.02. The predicted molar refractivity (Wildman–Crippen MR) is 54.8 cm³/mol. The van der Waals surface area contributed by atoms with Crippen molar-refractivity contribution in [1.82, 2.24) is 0 Å². The molecule has 1 atom stereocenters. The Morgan fingerprint density at radius 2 is 1.86 bits per heavy atom. The van der Waals surface area contributed by atoms with E-state index in [1.165, 1.54) is 12.8 Å². The van der Waals surface area contributed by atoms with Crippen molar-refractivity contribution in [2.45, 2.75) is 58.0 Å². The Labute approximate surface area is 85.9 Å². The van der Waals surface area contributed by atoms with Crippen LogP contribution >= 0.6 is 0 Å². The van der Waals surface area contributed by atoms with Gasteiger partial charge in [-0.15, -0.1) is 0 Å². The van der Waals surface area contributed by atoms with Crippen molar-refractivity contribution in [3.05, 3.63) is 0 Å². The molecule has 3 heteroatoms. The lowest BCUT2D eigenvalue weighted by molar-refractivity contribution is -0.149. The highest BCUT2D eigenvalue weighted by molar-refractivity contribution is 5.12. The molecule has 1 unspecified atom stereocenters. The monoisotopic (exact) mass is 199 g/mol. The average Bonchev–Trinajstić information content (AvgIpc) is 2.71. The molecule has 82 valence electrons. The molecular formula is C11H21NO2. The molecular weight excluding hydrogens is 178 g/mol. The first-order valence-electron chi connectivity index (χ1n) is 5.38. The van der Waals surface area contributed by atoms with Crippen LogP contribution in [0.3, 0.4) is 0 Å². The normalized spacial score (nSPS) is 34.5. The van der Waals surface area contributed by atoms with Crippen molar-refractivity contribution < 1.29 is 9.47 Å². The molecule has 2 fully saturated rings. The maximum absolute atomic E-state index is 6.21. The lowest BCUT2D eigenvalue weighted by atomic mass is 9.80. The summed E-state index contributed by atoms with van der Waals surface area (Å²) < 4.78 is 11.5. The van der Waals surface area contributed by atoms with Gasteiger partial charge in [0.15, 0.2) is 5.79 Å². The number of hydrogen-bond donors (Lipinski definition) is 1. The maximum Gasteiger partial charge on any atom is 0.163 e. The third kappa shape index (κ3) is 1.47. The number of ether oxygens (including phenoxy) is 2. The Bertz CT molecular complexity index is 238. The van der Waals surface area contributed by atoms with E-state index in [1.54, 1.807) is 0 Å². The molecule has 1 aliphatic heterocycles. The fraction of sp³-hybridized carbons (Fsp3) is 1.00. The topological polar surface area (TPSA) is 44.5 Å². The summed E-state index contributed by atoms with van der Waals surface area (Å²) in [5.41, 5.74) is 6.20. The van der Waals surface area contributed by atoms with Gasteiger partial charge in [0.25, 0.3) is 0 Å². The highest BCUT2D eigenvalue weighted by Gasteiger charge is 2.61. The van der Waals surface area contributed by atoms with Crippen LogP contribution in [-0.2, 0) is 9.47 Å². The van der Waals surface area contributed by atoms with Crippen LogP contribution in [0.4, 0.5) is 0 Å². The molecule has 1 saturated heterocycles. The SMILES string of the molecule is CC1(C)OCC(C2(C(C)(C)N)CC2)O1. The van der Waals surface area contributed by atoms with E-state index in [0.29, 0.717) is 6.61 Å². The van der Waals surface area contributed by atoms with Crippen molar-refractivity contribution in [2.24, 2.45) is 11.1 Å². The Morgan fingerprint density at radius 3 is 2.14 bits per heavy atom. The van der Waals surface area contributed by atoms with Gasteiger partial charge in [-0.05, 0) is 40.5 Å². The molecule has 2 N–H and O–H groups in total. The predicted octanol–water partition coefficient (Wildman–Crippen LogP) is 1.66. The first kappa shape index (κ1) is 10.4. The van der Waals surface area contributed by atoms with Crippen molar-refractivity contribution in [1.29, 1.82) is 0 Å². The second-order valence-corrected chi connectivity index (χ2v) is 5.70. The maximum atomic E-state index is 6.21. The zero-order valence-electron chi connectivity index (χ0n) is 9.59. The second-order valence-electron chi connectivity index (χ2n) is 5.70. The van der Waals surface area contributed by atoms with E-state index in [9.17, 15) is 0 Å². The van der Waals surface area contributed by atoms with Crippen LogP contribution in [0.15, 0.2) is 0 Å². The van der Waals surface area contributed by atoms with Gasteiger partial charge in [0.2, 0.25) is 0 Å². The molecule has 0 amide bonds. The van der Waals surface area contributed by atoms with Crippen molar-refractivity contribution in [3.63, 3.8) is 0 Å². The minimum atomic E-state index is -0.425. The van der Waals surface area contributed by atoms with Gasteiger partial charge in [-0.3, -0.25) is 0 Å². The van der Waals surface area contributed by atoms with Crippen molar-refractivity contribution in [3.8, 4) is 0 Å². The average molecular weight is 199 g/mol. The highest BCUT2D eigenvalue weighted by atomic mass is 16.7. The second kappa shape index (κ2) is 2.71. The molecule has 1 heterocycles. The summed E-state index contributed by atoms with van der Waals surface area (Å²) in [5.74, 6) is -0.425. The lowest BCUT2D eigenvalue weighted by Gasteiger charge is -2.35. The number of rotatable bonds is 2. The molecule has 2 aliphatic rings. The van der Waals surface area contributed by atoms with Gasteiger partial charge in [0.05, 0.1) is 12.7 Å². The number of hydrogen-bond acceptors (Lipinski definition) is 3. The molecule has 1 saturated carbocycles. The summed E-state index contributed by atoms with van der Waals surface area (Å²) in [4.78, 5) is 0. The van der Waals surface area contributed by atoms with E-state index in [4.69, 9.17) is 15.2 Å². The zero-order chi connectivity index (χ0) is 10.6. The van der Waals surface area contributed by atoms with Gasteiger partial charge in [0, 0.05) is 11.0 Å².